The van der Waals surface area contributed by atoms with Gasteiger partial charge < -0.3 is 10.1 Å². The minimum atomic E-state index is 0.688. The molecule has 1 aromatic carbocycles. The van der Waals surface area contributed by atoms with Gasteiger partial charge in [0.25, 0.3) is 0 Å². The van der Waals surface area contributed by atoms with Crippen molar-refractivity contribution in [1.29, 1.82) is 0 Å². The SMILES string of the molecule is COCCC(CNC1CC1)Cc1ccc(C)cc1. The van der Waals surface area contributed by atoms with E-state index in [9.17, 15) is 0 Å². The molecule has 1 fully saturated rings. The Hall–Kier alpha value is -0.860. The lowest BCUT2D eigenvalue weighted by atomic mass is 9.96. The number of hydrogen-bond acceptors (Lipinski definition) is 2. The number of hydrogen-bond donors (Lipinski definition) is 1. The summed E-state index contributed by atoms with van der Waals surface area (Å²) in [5.74, 6) is 0.688. The van der Waals surface area contributed by atoms with Crippen molar-refractivity contribution >= 4 is 0 Å². The summed E-state index contributed by atoms with van der Waals surface area (Å²) < 4.78 is 5.22. The maximum absolute atomic E-state index is 5.22. The van der Waals surface area contributed by atoms with Gasteiger partial charge in [0, 0.05) is 19.8 Å². The van der Waals surface area contributed by atoms with Gasteiger partial charge in [-0.25, -0.2) is 0 Å². The highest BCUT2D eigenvalue weighted by Gasteiger charge is 2.21. The van der Waals surface area contributed by atoms with Crippen molar-refractivity contribution in [2.45, 2.75) is 38.6 Å². The lowest BCUT2D eigenvalue weighted by Crippen LogP contribution is -2.27. The molecule has 2 rings (SSSR count). The molecule has 0 radical (unpaired) electrons. The Bertz CT molecular complexity index is 343. The third-order valence-corrected chi connectivity index (χ3v) is 3.65. The molecule has 1 aliphatic carbocycles. The molecule has 1 N–H and O–H groups in total. The van der Waals surface area contributed by atoms with Crippen LogP contribution in [0.5, 0.6) is 0 Å². The van der Waals surface area contributed by atoms with Crippen LogP contribution in [-0.4, -0.2) is 26.3 Å². The maximum atomic E-state index is 5.22. The molecule has 2 heteroatoms. The predicted octanol–water partition coefficient (Wildman–Crippen LogP) is 2.94. The van der Waals surface area contributed by atoms with E-state index < -0.39 is 0 Å². The molecule has 0 aliphatic heterocycles. The van der Waals surface area contributed by atoms with Crippen LogP contribution < -0.4 is 5.32 Å². The van der Waals surface area contributed by atoms with E-state index in [2.05, 4.69) is 36.5 Å². The second kappa shape index (κ2) is 6.91. The molecule has 1 saturated carbocycles. The number of nitrogens with one attached hydrogen (secondary N) is 1. The molecule has 0 heterocycles. The Morgan fingerprint density at radius 1 is 1.28 bits per heavy atom. The van der Waals surface area contributed by atoms with Crippen molar-refractivity contribution in [2.24, 2.45) is 5.92 Å². The van der Waals surface area contributed by atoms with E-state index in [0.29, 0.717) is 5.92 Å². The van der Waals surface area contributed by atoms with Crippen LogP contribution in [0, 0.1) is 12.8 Å². The Morgan fingerprint density at radius 2 is 2.00 bits per heavy atom. The van der Waals surface area contributed by atoms with Crippen LogP contribution in [0.1, 0.15) is 30.4 Å². The molecule has 0 bridgehead atoms. The summed E-state index contributed by atoms with van der Waals surface area (Å²) in [5.41, 5.74) is 2.78. The van der Waals surface area contributed by atoms with Crippen LogP contribution >= 0.6 is 0 Å². The fraction of sp³-hybridized carbons (Fsp3) is 0.625. The van der Waals surface area contributed by atoms with E-state index in [1.807, 2.05) is 0 Å². The topological polar surface area (TPSA) is 21.3 Å². The highest BCUT2D eigenvalue weighted by Crippen LogP contribution is 2.20. The molecule has 1 aliphatic rings. The molecule has 0 amide bonds. The maximum Gasteiger partial charge on any atom is 0.0465 e. The monoisotopic (exact) mass is 247 g/mol. The smallest absolute Gasteiger partial charge is 0.0465 e. The van der Waals surface area contributed by atoms with Gasteiger partial charge in [0.1, 0.15) is 0 Å². The van der Waals surface area contributed by atoms with E-state index in [4.69, 9.17) is 4.74 Å². The molecular weight excluding hydrogens is 222 g/mol. The van der Waals surface area contributed by atoms with Gasteiger partial charge in [0.2, 0.25) is 0 Å². The van der Waals surface area contributed by atoms with Crippen LogP contribution in [0.4, 0.5) is 0 Å². The summed E-state index contributed by atoms with van der Waals surface area (Å²) >= 11 is 0. The summed E-state index contributed by atoms with van der Waals surface area (Å²) in [7, 11) is 1.79. The molecule has 1 atom stereocenters. The quantitative estimate of drug-likeness (QED) is 0.762. The van der Waals surface area contributed by atoms with Gasteiger partial charge in [0.15, 0.2) is 0 Å². The fourth-order valence-corrected chi connectivity index (χ4v) is 2.24. The van der Waals surface area contributed by atoms with Gasteiger partial charge in [-0.15, -0.1) is 0 Å². The first-order chi connectivity index (χ1) is 8.78. The lowest BCUT2D eigenvalue weighted by Gasteiger charge is -2.17. The van der Waals surface area contributed by atoms with Gasteiger partial charge in [-0.1, -0.05) is 29.8 Å². The van der Waals surface area contributed by atoms with Crippen molar-refractivity contribution in [3.63, 3.8) is 0 Å². The molecule has 2 nitrogen and oxygen atoms in total. The number of rotatable bonds is 8. The number of methoxy groups -OCH3 is 1. The van der Waals surface area contributed by atoms with Crippen molar-refractivity contribution in [3.05, 3.63) is 35.4 Å². The number of aryl methyl sites for hydroxylation is 1. The standard InChI is InChI=1S/C16H25NO/c1-13-3-5-14(6-4-13)11-15(9-10-18-2)12-17-16-7-8-16/h3-6,15-17H,7-12H2,1-2H3. The first-order valence-corrected chi connectivity index (χ1v) is 7.06. The van der Waals surface area contributed by atoms with Gasteiger partial charge in [0.05, 0.1) is 0 Å². The van der Waals surface area contributed by atoms with Crippen LogP contribution in [0.2, 0.25) is 0 Å². The summed E-state index contributed by atoms with van der Waals surface area (Å²) in [6.07, 6.45) is 5.02. The van der Waals surface area contributed by atoms with Gasteiger partial charge in [-0.3, -0.25) is 0 Å². The largest absolute Gasteiger partial charge is 0.385 e. The molecular formula is C16H25NO. The normalized spacial score (nSPS) is 16.8. The zero-order valence-corrected chi connectivity index (χ0v) is 11.6. The minimum Gasteiger partial charge on any atom is -0.385 e. The lowest BCUT2D eigenvalue weighted by molar-refractivity contribution is 0.176. The van der Waals surface area contributed by atoms with Crippen LogP contribution in [0.25, 0.3) is 0 Å². The van der Waals surface area contributed by atoms with Crippen molar-refractivity contribution in [3.8, 4) is 0 Å². The Balaban J connectivity index is 1.83. The first kappa shape index (κ1) is 13.6. The molecule has 0 saturated heterocycles. The van der Waals surface area contributed by atoms with Crippen LogP contribution in [0.15, 0.2) is 24.3 Å². The second-order valence-electron chi connectivity index (χ2n) is 5.52. The second-order valence-corrected chi connectivity index (χ2v) is 5.52. The molecule has 100 valence electrons. The minimum absolute atomic E-state index is 0.688. The number of ether oxygens (including phenoxy) is 1. The van der Waals surface area contributed by atoms with Crippen LogP contribution in [-0.2, 0) is 11.2 Å². The van der Waals surface area contributed by atoms with E-state index in [1.165, 1.54) is 24.0 Å². The van der Waals surface area contributed by atoms with Gasteiger partial charge >= 0.3 is 0 Å². The fourth-order valence-electron chi connectivity index (χ4n) is 2.24. The molecule has 0 aromatic heterocycles. The zero-order valence-electron chi connectivity index (χ0n) is 11.6. The van der Waals surface area contributed by atoms with E-state index in [-0.39, 0.29) is 0 Å². The zero-order chi connectivity index (χ0) is 12.8. The average Bonchev–Trinajstić information content (AvgIpc) is 3.19. The third-order valence-electron chi connectivity index (χ3n) is 3.65. The molecule has 18 heavy (non-hydrogen) atoms. The Morgan fingerprint density at radius 3 is 2.61 bits per heavy atom. The van der Waals surface area contributed by atoms with Crippen molar-refractivity contribution in [2.75, 3.05) is 20.3 Å². The summed E-state index contributed by atoms with van der Waals surface area (Å²) in [4.78, 5) is 0. The highest BCUT2D eigenvalue weighted by atomic mass is 16.5. The van der Waals surface area contributed by atoms with Crippen LogP contribution in [0.3, 0.4) is 0 Å². The van der Waals surface area contributed by atoms with E-state index in [0.717, 1.165) is 32.0 Å². The number of benzene rings is 1. The molecule has 1 aromatic rings. The van der Waals surface area contributed by atoms with Crippen molar-refractivity contribution in [1.82, 2.24) is 5.32 Å². The first-order valence-electron chi connectivity index (χ1n) is 7.06. The predicted molar refractivity (Wildman–Crippen MR) is 75.9 cm³/mol. The van der Waals surface area contributed by atoms with Gasteiger partial charge in [-0.2, -0.15) is 0 Å². The van der Waals surface area contributed by atoms with Crippen molar-refractivity contribution < 1.29 is 4.74 Å². The summed E-state index contributed by atoms with van der Waals surface area (Å²) in [6, 6.07) is 9.72. The highest BCUT2D eigenvalue weighted by molar-refractivity contribution is 5.21. The molecule has 1 unspecified atom stereocenters. The average molecular weight is 247 g/mol. The Labute approximate surface area is 111 Å². The summed E-state index contributed by atoms with van der Waals surface area (Å²) in [5, 5.41) is 3.64. The van der Waals surface area contributed by atoms with E-state index in [1.54, 1.807) is 7.11 Å². The molecule has 0 spiro atoms. The van der Waals surface area contributed by atoms with Gasteiger partial charge in [-0.05, 0) is 50.6 Å². The Kier molecular flexibility index (Phi) is 5.21. The van der Waals surface area contributed by atoms with E-state index >= 15 is 0 Å². The summed E-state index contributed by atoms with van der Waals surface area (Å²) in [6.45, 7) is 4.13. The third kappa shape index (κ3) is 4.79.